The number of rotatable bonds is 3. The largest absolute Gasteiger partial charge is 0.416 e. The van der Waals surface area contributed by atoms with Crippen molar-refractivity contribution in [3.05, 3.63) is 65.2 Å². The number of hydrogen-bond acceptors (Lipinski definition) is 4. The molecule has 0 spiro atoms. The zero-order chi connectivity index (χ0) is 19.7. The molecule has 27 heavy (non-hydrogen) atoms. The Hall–Kier alpha value is -2.48. The van der Waals surface area contributed by atoms with Crippen LogP contribution in [-0.4, -0.2) is 16.8 Å². The van der Waals surface area contributed by atoms with Gasteiger partial charge in [0.1, 0.15) is 0 Å². The summed E-state index contributed by atoms with van der Waals surface area (Å²) in [5.41, 5.74) is 5.80. The molecule has 0 saturated heterocycles. The van der Waals surface area contributed by atoms with Gasteiger partial charge in [0.05, 0.1) is 11.1 Å². The molecule has 2 aromatic rings. The van der Waals surface area contributed by atoms with Gasteiger partial charge < -0.3 is 11.1 Å². The number of aliphatic imine (C=N–C) groups is 1. The van der Waals surface area contributed by atoms with Gasteiger partial charge in [0.2, 0.25) is 0 Å². The summed E-state index contributed by atoms with van der Waals surface area (Å²) in [4.78, 5) is 16.9. The Morgan fingerprint density at radius 2 is 1.96 bits per heavy atom. The van der Waals surface area contributed by atoms with Crippen molar-refractivity contribution >= 4 is 28.5 Å². The third kappa shape index (κ3) is 4.44. The van der Waals surface area contributed by atoms with Crippen molar-refractivity contribution in [3.63, 3.8) is 0 Å². The third-order valence-electron chi connectivity index (χ3n) is 4.39. The highest BCUT2D eigenvalue weighted by Crippen LogP contribution is 2.36. The number of halogens is 3. The second kappa shape index (κ2) is 7.26. The molecule has 0 radical (unpaired) electrons. The van der Waals surface area contributed by atoms with Gasteiger partial charge in [-0.3, -0.25) is 9.79 Å². The number of carbonyl (C=O) groups excluding carboxylic acids is 1. The Bertz CT molecular complexity index is 898. The Morgan fingerprint density at radius 1 is 1.22 bits per heavy atom. The van der Waals surface area contributed by atoms with Crippen molar-refractivity contribution in [2.75, 3.05) is 11.1 Å². The van der Waals surface area contributed by atoms with Gasteiger partial charge in [-0.15, -0.1) is 0 Å². The van der Waals surface area contributed by atoms with Crippen LogP contribution in [0.5, 0.6) is 0 Å². The standard InChI is InChI=1S/C19H18F3N3OS/c1-18(8-9-27-17(23)25-18)13-5-3-7-15(11-13)24-16(26)12-4-2-6-14(10-12)19(20,21)22/h2-7,10-11H,8-9H2,1H3,(H2,23,25)(H,24,26). The average Bonchev–Trinajstić information content (AvgIpc) is 2.61. The second-order valence-electron chi connectivity index (χ2n) is 6.44. The first-order valence-corrected chi connectivity index (χ1v) is 9.23. The molecule has 0 saturated carbocycles. The number of nitrogens with two attached hydrogens (primary N) is 1. The first-order chi connectivity index (χ1) is 12.7. The van der Waals surface area contributed by atoms with Crippen LogP contribution in [0, 0.1) is 0 Å². The van der Waals surface area contributed by atoms with Crippen LogP contribution in [0.4, 0.5) is 18.9 Å². The maximum atomic E-state index is 12.8. The maximum Gasteiger partial charge on any atom is 0.416 e. The Morgan fingerprint density at radius 3 is 2.67 bits per heavy atom. The number of alkyl halides is 3. The van der Waals surface area contributed by atoms with E-state index < -0.39 is 23.2 Å². The van der Waals surface area contributed by atoms with Gasteiger partial charge in [0.15, 0.2) is 5.17 Å². The molecular formula is C19H18F3N3OS. The smallest absolute Gasteiger partial charge is 0.379 e. The first-order valence-electron chi connectivity index (χ1n) is 8.25. The first kappa shape index (κ1) is 19.3. The summed E-state index contributed by atoms with van der Waals surface area (Å²) in [6.45, 7) is 1.97. The van der Waals surface area contributed by atoms with Gasteiger partial charge in [-0.05, 0) is 49.2 Å². The molecule has 0 bridgehead atoms. The highest BCUT2D eigenvalue weighted by atomic mass is 32.2. The summed E-state index contributed by atoms with van der Waals surface area (Å²) in [7, 11) is 0. The van der Waals surface area contributed by atoms with Crippen molar-refractivity contribution in [3.8, 4) is 0 Å². The lowest BCUT2D eigenvalue weighted by atomic mass is 9.89. The molecular weight excluding hydrogens is 375 g/mol. The van der Waals surface area contributed by atoms with Gasteiger partial charge in [-0.1, -0.05) is 30.0 Å². The fraction of sp³-hybridized carbons (Fsp3) is 0.263. The lowest BCUT2D eigenvalue weighted by molar-refractivity contribution is -0.137. The number of nitrogens with one attached hydrogen (secondary N) is 1. The summed E-state index contributed by atoms with van der Waals surface area (Å²) < 4.78 is 38.5. The van der Waals surface area contributed by atoms with Gasteiger partial charge in [0, 0.05) is 17.0 Å². The van der Waals surface area contributed by atoms with E-state index in [1.54, 1.807) is 18.2 Å². The molecule has 4 nitrogen and oxygen atoms in total. The number of benzene rings is 2. The number of nitrogens with zero attached hydrogens (tertiary/aromatic N) is 1. The number of amidine groups is 1. The van der Waals surface area contributed by atoms with E-state index in [1.165, 1.54) is 23.9 Å². The van der Waals surface area contributed by atoms with Gasteiger partial charge in [0.25, 0.3) is 5.91 Å². The summed E-state index contributed by atoms with van der Waals surface area (Å²) in [6.07, 6.45) is -3.70. The summed E-state index contributed by atoms with van der Waals surface area (Å²) in [6, 6.07) is 11.5. The van der Waals surface area contributed by atoms with Crippen molar-refractivity contribution in [2.24, 2.45) is 10.7 Å². The lowest BCUT2D eigenvalue weighted by Gasteiger charge is -2.30. The summed E-state index contributed by atoms with van der Waals surface area (Å²) in [5, 5.41) is 3.17. The molecule has 3 rings (SSSR count). The van der Waals surface area contributed by atoms with Crippen molar-refractivity contribution < 1.29 is 18.0 Å². The normalized spacial score (nSPS) is 20.1. The fourth-order valence-corrected chi connectivity index (χ4v) is 3.84. The van der Waals surface area contributed by atoms with E-state index in [9.17, 15) is 18.0 Å². The number of thioether (sulfide) groups is 1. The van der Waals surface area contributed by atoms with E-state index in [4.69, 9.17) is 5.73 Å². The fourth-order valence-electron chi connectivity index (χ4n) is 2.87. The molecule has 1 heterocycles. The molecule has 2 aromatic carbocycles. The average molecular weight is 393 g/mol. The molecule has 0 fully saturated rings. The number of amides is 1. The van der Waals surface area contributed by atoms with Crippen LogP contribution in [0.1, 0.15) is 34.8 Å². The van der Waals surface area contributed by atoms with Gasteiger partial charge in [-0.2, -0.15) is 13.2 Å². The minimum Gasteiger partial charge on any atom is -0.379 e. The van der Waals surface area contributed by atoms with E-state index in [1.807, 2.05) is 13.0 Å². The molecule has 142 valence electrons. The molecule has 0 aliphatic carbocycles. The number of anilines is 1. The molecule has 1 amide bonds. The Kier molecular flexibility index (Phi) is 5.19. The van der Waals surface area contributed by atoms with Crippen molar-refractivity contribution in [1.82, 2.24) is 0 Å². The zero-order valence-corrected chi connectivity index (χ0v) is 15.3. The maximum absolute atomic E-state index is 12.8. The molecule has 1 aliphatic rings. The predicted octanol–water partition coefficient (Wildman–Crippen LogP) is 4.62. The predicted molar refractivity (Wildman–Crippen MR) is 102 cm³/mol. The number of carbonyl (C=O) groups is 1. The van der Waals surface area contributed by atoms with E-state index >= 15 is 0 Å². The zero-order valence-electron chi connectivity index (χ0n) is 14.5. The second-order valence-corrected chi connectivity index (χ2v) is 7.55. The van der Waals surface area contributed by atoms with Crippen LogP contribution in [0.15, 0.2) is 53.5 Å². The minimum atomic E-state index is -4.50. The van der Waals surface area contributed by atoms with E-state index in [-0.39, 0.29) is 5.56 Å². The van der Waals surface area contributed by atoms with Gasteiger partial charge in [-0.25, -0.2) is 0 Å². The molecule has 1 aliphatic heterocycles. The van der Waals surface area contributed by atoms with Crippen LogP contribution in [0.25, 0.3) is 0 Å². The van der Waals surface area contributed by atoms with Gasteiger partial charge >= 0.3 is 6.18 Å². The molecule has 1 unspecified atom stereocenters. The topological polar surface area (TPSA) is 67.5 Å². The molecule has 1 atom stereocenters. The Labute approximate surface area is 159 Å². The minimum absolute atomic E-state index is 0.0576. The molecule has 0 aromatic heterocycles. The molecule has 3 N–H and O–H groups in total. The van der Waals surface area contributed by atoms with Crippen LogP contribution in [0.3, 0.4) is 0 Å². The summed E-state index contributed by atoms with van der Waals surface area (Å²) in [5.74, 6) is 0.234. The quantitative estimate of drug-likeness (QED) is 0.799. The Balaban J connectivity index is 1.83. The van der Waals surface area contributed by atoms with Crippen LogP contribution in [-0.2, 0) is 11.7 Å². The summed E-state index contributed by atoms with van der Waals surface area (Å²) >= 11 is 1.50. The van der Waals surface area contributed by atoms with E-state index in [0.29, 0.717) is 10.9 Å². The monoisotopic (exact) mass is 393 g/mol. The third-order valence-corrected chi connectivity index (χ3v) is 5.19. The van der Waals surface area contributed by atoms with E-state index in [2.05, 4.69) is 10.3 Å². The van der Waals surface area contributed by atoms with Crippen LogP contribution < -0.4 is 11.1 Å². The highest BCUT2D eigenvalue weighted by Gasteiger charge is 2.31. The highest BCUT2D eigenvalue weighted by molar-refractivity contribution is 8.13. The van der Waals surface area contributed by atoms with Crippen molar-refractivity contribution in [2.45, 2.75) is 25.1 Å². The van der Waals surface area contributed by atoms with Crippen molar-refractivity contribution in [1.29, 1.82) is 0 Å². The van der Waals surface area contributed by atoms with Crippen LogP contribution >= 0.6 is 11.8 Å². The lowest BCUT2D eigenvalue weighted by Crippen LogP contribution is -2.28. The number of hydrogen-bond donors (Lipinski definition) is 2. The van der Waals surface area contributed by atoms with Crippen LogP contribution in [0.2, 0.25) is 0 Å². The SMILES string of the molecule is CC1(c2cccc(NC(=O)c3cccc(C(F)(F)F)c3)c2)CCSC(N)=N1. The molecule has 8 heteroatoms. The van der Waals surface area contributed by atoms with E-state index in [0.717, 1.165) is 29.9 Å².